The van der Waals surface area contributed by atoms with Crippen LogP contribution in [0.5, 0.6) is 0 Å². The molecular weight excluding hydrogens is 248 g/mol. The molecule has 0 aliphatic heterocycles. The van der Waals surface area contributed by atoms with E-state index in [1.807, 2.05) is 7.05 Å². The summed E-state index contributed by atoms with van der Waals surface area (Å²) in [6, 6.07) is 0.491. The molecule has 4 nitrogen and oxygen atoms in total. The topological polar surface area (TPSA) is 49.8 Å². The van der Waals surface area contributed by atoms with Crippen LogP contribution in [0.25, 0.3) is 0 Å². The molecule has 1 atom stereocenters. The van der Waals surface area contributed by atoms with Gasteiger partial charge in [-0.3, -0.25) is 0 Å². The zero-order valence-electron chi connectivity index (χ0n) is 13.3. The first-order valence-corrected chi connectivity index (χ1v) is 7.97. The molecule has 0 saturated heterocycles. The summed E-state index contributed by atoms with van der Waals surface area (Å²) in [4.78, 5) is 9.30. The number of aromatic nitrogens is 2. The molecule has 0 spiro atoms. The van der Waals surface area contributed by atoms with E-state index in [4.69, 9.17) is 4.98 Å². The highest BCUT2D eigenvalue weighted by atomic mass is 15.1. The normalized spacial score (nSPS) is 17.2. The molecule has 0 bridgehead atoms. The highest BCUT2D eigenvalue weighted by molar-refractivity contribution is 5.57. The maximum Gasteiger partial charge on any atom is 0.134 e. The monoisotopic (exact) mass is 276 g/mol. The van der Waals surface area contributed by atoms with Crippen LogP contribution in [0.2, 0.25) is 0 Å². The Morgan fingerprint density at radius 1 is 1.20 bits per heavy atom. The molecule has 0 aromatic carbocycles. The number of anilines is 2. The second kappa shape index (κ2) is 6.91. The van der Waals surface area contributed by atoms with E-state index in [-0.39, 0.29) is 0 Å². The van der Waals surface area contributed by atoms with Gasteiger partial charge < -0.3 is 10.6 Å². The lowest BCUT2D eigenvalue weighted by atomic mass is 10.00. The van der Waals surface area contributed by atoms with E-state index in [1.54, 1.807) is 0 Å². The Labute approximate surface area is 122 Å². The SMILES string of the molecule is CCCc1nc(NC)c(C)c(NC(C)C2CCCC2)n1. The molecule has 1 saturated carbocycles. The molecule has 1 aromatic heterocycles. The van der Waals surface area contributed by atoms with Crippen LogP contribution in [-0.2, 0) is 6.42 Å². The summed E-state index contributed by atoms with van der Waals surface area (Å²) in [6.07, 6.45) is 7.45. The number of nitrogens with zero attached hydrogens (tertiary/aromatic N) is 2. The van der Waals surface area contributed by atoms with Crippen molar-refractivity contribution in [3.05, 3.63) is 11.4 Å². The molecule has 1 aromatic rings. The summed E-state index contributed by atoms with van der Waals surface area (Å²) in [6.45, 7) is 6.54. The van der Waals surface area contributed by atoms with Gasteiger partial charge in [-0.25, -0.2) is 9.97 Å². The summed E-state index contributed by atoms with van der Waals surface area (Å²) in [5.41, 5.74) is 1.12. The van der Waals surface area contributed by atoms with Crippen LogP contribution in [0, 0.1) is 12.8 Å². The minimum absolute atomic E-state index is 0.491. The summed E-state index contributed by atoms with van der Waals surface area (Å²) in [5, 5.41) is 6.82. The molecule has 4 heteroatoms. The van der Waals surface area contributed by atoms with Crippen LogP contribution in [0.1, 0.15) is 57.3 Å². The summed E-state index contributed by atoms with van der Waals surface area (Å²) >= 11 is 0. The zero-order valence-corrected chi connectivity index (χ0v) is 13.3. The third-order valence-electron chi connectivity index (χ3n) is 4.37. The lowest BCUT2D eigenvalue weighted by Crippen LogP contribution is -2.25. The molecule has 0 radical (unpaired) electrons. The van der Waals surface area contributed by atoms with Gasteiger partial charge in [-0.05, 0) is 39.0 Å². The molecule has 1 fully saturated rings. The summed E-state index contributed by atoms with van der Waals surface area (Å²) in [5.74, 6) is 3.68. The van der Waals surface area contributed by atoms with Gasteiger partial charge in [0.1, 0.15) is 17.5 Å². The third-order valence-corrected chi connectivity index (χ3v) is 4.37. The predicted molar refractivity (Wildman–Crippen MR) is 85.4 cm³/mol. The van der Waals surface area contributed by atoms with Crippen molar-refractivity contribution in [2.24, 2.45) is 5.92 Å². The highest BCUT2D eigenvalue weighted by Crippen LogP contribution is 2.30. The first-order valence-electron chi connectivity index (χ1n) is 7.97. The van der Waals surface area contributed by atoms with E-state index in [9.17, 15) is 0 Å². The maximum absolute atomic E-state index is 4.72. The Balaban J connectivity index is 2.17. The Kier molecular flexibility index (Phi) is 5.21. The van der Waals surface area contributed by atoms with Crippen molar-refractivity contribution in [2.75, 3.05) is 17.7 Å². The van der Waals surface area contributed by atoms with E-state index in [0.717, 1.165) is 41.8 Å². The van der Waals surface area contributed by atoms with Crippen LogP contribution in [0.15, 0.2) is 0 Å². The number of rotatable bonds is 6. The lowest BCUT2D eigenvalue weighted by molar-refractivity contribution is 0.480. The van der Waals surface area contributed by atoms with Crippen LogP contribution < -0.4 is 10.6 Å². The molecule has 1 unspecified atom stereocenters. The maximum atomic E-state index is 4.72. The number of aryl methyl sites for hydroxylation is 1. The Morgan fingerprint density at radius 2 is 1.85 bits per heavy atom. The molecular formula is C16H28N4. The molecule has 2 N–H and O–H groups in total. The quantitative estimate of drug-likeness (QED) is 0.830. The Bertz CT molecular complexity index is 438. The Hall–Kier alpha value is -1.32. The van der Waals surface area contributed by atoms with Gasteiger partial charge in [0.2, 0.25) is 0 Å². The van der Waals surface area contributed by atoms with Crippen molar-refractivity contribution in [3.8, 4) is 0 Å². The van der Waals surface area contributed by atoms with Gasteiger partial charge in [-0.15, -0.1) is 0 Å². The van der Waals surface area contributed by atoms with Crippen LogP contribution >= 0.6 is 0 Å². The smallest absolute Gasteiger partial charge is 0.134 e. The average molecular weight is 276 g/mol. The van der Waals surface area contributed by atoms with Gasteiger partial charge >= 0.3 is 0 Å². The van der Waals surface area contributed by atoms with Crippen molar-refractivity contribution in [3.63, 3.8) is 0 Å². The van der Waals surface area contributed by atoms with E-state index in [2.05, 4.69) is 36.4 Å². The first kappa shape index (κ1) is 15.1. The van der Waals surface area contributed by atoms with Crippen molar-refractivity contribution < 1.29 is 0 Å². The van der Waals surface area contributed by atoms with Gasteiger partial charge in [-0.1, -0.05) is 19.8 Å². The van der Waals surface area contributed by atoms with Gasteiger partial charge in [0.05, 0.1) is 0 Å². The number of hydrogen-bond acceptors (Lipinski definition) is 4. The highest BCUT2D eigenvalue weighted by Gasteiger charge is 2.22. The van der Waals surface area contributed by atoms with E-state index in [0.29, 0.717) is 6.04 Å². The van der Waals surface area contributed by atoms with Gasteiger partial charge in [0.25, 0.3) is 0 Å². The Morgan fingerprint density at radius 3 is 2.45 bits per heavy atom. The van der Waals surface area contributed by atoms with Crippen LogP contribution in [0.4, 0.5) is 11.6 Å². The second-order valence-electron chi connectivity index (χ2n) is 5.94. The molecule has 1 aliphatic rings. The minimum Gasteiger partial charge on any atom is -0.373 e. The van der Waals surface area contributed by atoms with Gasteiger partial charge in [-0.2, -0.15) is 0 Å². The summed E-state index contributed by atoms with van der Waals surface area (Å²) in [7, 11) is 1.93. The molecule has 2 rings (SSSR count). The minimum atomic E-state index is 0.491. The average Bonchev–Trinajstić information content (AvgIpc) is 2.96. The van der Waals surface area contributed by atoms with E-state index in [1.165, 1.54) is 25.7 Å². The van der Waals surface area contributed by atoms with Crippen LogP contribution in [-0.4, -0.2) is 23.1 Å². The van der Waals surface area contributed by atoms with Crippen molar-refractivity contribution in [1.29, 1.82) is 0 Å². The largest absolute Gasteiger partial charge is 0.373 e. The summed E-state index contributed by atoms with van der Waals surface area (Å²) < 4.78 is 0. The fourth-order valence-corrected chi connectivity index (χ4v) is 3.07. The third kappa shape index (κ3) is 3.41. The molecule has 0 amide bonds. The molecule has 1 aliphatic carbocycles. The fourth-order valence-electron chi connectivity index (χ4n) is 3.07. The molecule has 20 heavy (non-hydrogen) atoms. The first-order chi connectivity index (χ1) is 9.65. The van der Waals surface area contributed by atoms with E-state index >= 15 is 0 Å². The van der Waals surface area contributed by atoms with Crippen molar-refractivity contribution in [2.45, 2.75) is 65.3 Å². The zero-order chi connectivity index (χ0) is 14.5. The standard InChI is InChI=1S/C16H28N4/c1-5-8-14-19-15(17-4)11(2)16(20-14)18-12(3)13-9-6-7-10-13/h12-13H,5-10H2,1-4H3,(H2,17,18,19,20). The van der Waals surface area contributed by atoms with Crippen molar-refractivity contribution in [1.82, 2.24) is 9.97 Å². The van der Waals surface area contributed by atoms with Crippen LogP contribution in [0.3, 0.4) is 0 Å². The van der Waals surface area contributed by atoms with Crippen molar-refractivity contribution >= 4 is 11.6 Å². The predicted octanol–water partition coefficient (Wildman–Crippen LogP) is 3.77. The van der Waals surface area contributed by atoms with Gasteiger partial charge in [0.15, 0.2) is 0 Å². The number of hydrogen-bond donors (Lipinski definition) is 2. The fraction of sp³-hybridized carbons (Fsp3) is 0.750. The lowest BCUT2D eigenvalue weighted by Gasteiger charge is -2.23. The second-order valence-corrected chi connectivity index (χ2v) is 5.94. The molecule has 1 heterocycles. The number of nitrogens with one attached hydrogen (secondary N) is 2. The van der Waals surface area contributed by atoms with Gasteiger partial charge in [0, 0.05) is 25.1 Å². The van der Waals surface area contributed by atoms with E-state index < -0.39 is 0 Å². The molecule has 112 valence electrons.